The molecular formula is C11H13F4NO2. The Hall–Kier alpha value is -1.18. The molecule has 4 N–H and O–H groups in total. The highest BCUT2D eigenvalue weighted by Crippen LogP contribution is 2.34. The first-order chi connectivity index (χ1) is 8.29. The predicted octanol–water partition coefficient (Wildman–Crippen LogP) is 1.59. The minimum absolute atomic E-state index is 0.0266. The van der Waals surface area contributed by atoms with Gasteiger partial charge in [0, 0.05) is 5.56 Å². The molecule has 0 aliphatic rings. The zero-order chi connectivity index (χ0) is 13.9. The summed E-state index contributed by atoms with van der Waals surface area (Å²) in [6, 6.07) is 2.54. The zero-order valence-electron chi connectivity index (χ0n) is 9.28. The van der Waals surface area contributed by atoms with Gasteiger partial charge in [-0.15, -0.1) is 0 Å². The van der Waals surface area contributed by atoms with Crippen molar-refractivity contribution in [1.29, 1.82) is 0 Å². The van der Waals surface area contributed by atoms with Crippen LogP contribution in [0.1, 0.15) is 23.7 Å². The fourth-order valence-corrected chi connectivity index (χ4v) is 1.53. The van der Waals surface area contributed by atoms with Crippen molar-refractivity contribution in [2.24, 2.45) is 5.73 Å². The summed E-state index contributed by atoms with van der Waals surface area (Å²) in [5.74, 6) is -1.58. The smallest absolute Gasteiger partial charge is 0.390 e. The maximum absolute atomic E-state index is 13.6. The van der Waals surface area contributed by atoms with Crippen LogP contribution in [0.15, 0.2) is 18.2 Å². The molecule has 18 heavy (non-hydrogen) atoms. The van der Waals surface area contributed by atoms with Crippen LogP contribution in [0.5, 0.6) is 0 Å². The van der Waals surface area contributed by atoms with Gasteiger partial charge >= 0.3 is 6.18 Å². The second-order valence-electron chi connectivity index (χ2n) is 3.80. The van der Waals surface area contributed by atoms with E-state index in [4.69, 9.17) is 5.73 Å². The molecule has 3 nitrogen and oxygen atoms in total. The first-order valence-electron chi connectivity index (χ1n) is 5.20. The molecule has 1 aromatic rings. The molecule has 0 radical (unpaired) electrons. The molecule has 0 aliphatic heterocycles. The highest BCUT2D eigenvalue weighted by Gasteiger charge is 2.36. The third-order valence-corrected chi connectivity index (χ3v) is 2.48. The standard InChI is InChI=1S/C11H13F4NO2/c12-9-6(10(18)8(17)4-5-16)2-1-3-7(9)11(13,14)15/h1-3,8,10,17-18H,4-5,16H2. The first kappa shape index (κ1) is 14.9. The van der Waals surface area contributed by atoms with Gasteiger partial charge < -0.3 is 15.9 Å². The van der Waals surface area contributed by atoms with Gasteiger partial charge in [-0.25, -0.2) is 4.39 Å². The zero-order valence-corrected chi connectivity index (χ0v) is 9.28. The number of rotatable bonds is 4. The molecule has 0 aromatic heterocycles. The van der Waals surface area contributed by atoms with Gasteiger partial charge in [0.05, 0.1) is 11.7 Å². The highest BCUT2D eigenvalue weighted by molar-refractivity contribution is 5.30. The maximum atomic E-state index is 13.6. The van der Waals surface area contributed by atoms with Crippen molar-refractivity contribution in [3.8, 4) is 0 Å². The van der Waals surface area contributed by atoms with Crippen LogP contribution in [0.25, 0.3) is 0 Å². The van der Waals surface area contributed by atoms with E-state index in [2.05, 4.69) is 0 Å². The van der Waals surface area contributed by atoms with Crippen LogP contribution in [0, 0.1) is 5.82 Å². The monoisotopic (exact) mass is 267 g/mol. The van der Waals surface area contributed by atoms with E-state index in [0.717, 1.165) is 12.1 Å². The summed E-state index contributed by atoms with van der Waals surface area (Å²) >= 11 is 0. The van der Waals surface area contributed by atoms with Gasteiger partial charge in [-0.3, -0.25) is 0 Å². The Bertz CT molecular complexity index is 409. The molecule has 0 aliphatic carbocycles. The molecule has 0 heterocycles. The summed E-state index contributed by atoms with van der Waals surface area (Å²) in [6.07, 6.45) is -8.04. The largest absolute Gasteiger partial charge is 0.419 e. The highest BCUT2D eigenvalue weighted by atomic mass is 19.4. The average molecular weight is 267 g/mol. The summed E-state index contributed by atoms with van der Waals surface area (Å²) in [5.41, 5.74) is 3.07. The van der Waals surface area contributed by atoms with Crippen molar-refractivity contribution in [2.75, 3.05) is 6.54 Å². The summed E-state index contributed by atoms with van der Waals surface area (Å²) in [4.78, 5) is 0. The van der Waals surface area contributed by atoms with Crippen molar-refractivity contribution >= 4 is 0 Å². The lowest BCUT2D eigenvalue weighted by atomic mass is 9.99. The predicted molar refractivity (Wildman–Crippen MR) is 56.0 cm³/mol. The molecule has 2 atom stereocenters. The third-order valence-electron chi connectivity index (χ3n) is 2.48. The van der Waals surface area contributed by atoms with Crippen molar-refractivity contribution in [1.82, 2.24) is 0 Å². The number of benzene rings is 1. The molecule has 0 fully saturated rings. The number of aliphatic hydroxyl groups is 2. The number of hydrogen-bond acceptors (Lipinski definition) is 3. The van der Waals surface area contributed by atoms with Crippen LogP contribution >= 0.6 is 0 Å². The summed E-state index contributed by atoms with van der Waals surface area (Å²) in [6.45, 7) is 0.0266. The Morgan fingerprint density at radius 1 is 1.22 bits per heavy atom. The molecule has 7 heteroatoms. The SMILES string of the molecule is NCCC(O)C(O)c1cccc(C(F)(F)F)c1F. The molecule has 0 spiro atoms. The number of hydrogen-bond donors (Lipinski definition) is 3. The summed E-state index contributed by atoms with van der Waals surface area (Å²) < 4.78 is 50.9. The van der Waals surface area contributed by atoms with Crippen LogP contribution in [-0.2, 0) is 6.18 Å². The van der Waals surface area contributed by atoms with Gasteiger partial charge in [0.25, 0.3) is 0 Å². The average Bonchev–Trinajstić information content (AvgIpc) is 2.27. The quantitative estimate of drug-likeness (QED) is 0.726. The molecule has 0 bridgehead atoms. The Balaban J connectivity index is 3.11. The Labute approximate surface area is 101 Å². The molecule has 1 aromatic carbocycles. The molecule has 1 rings (SSSR count). The number of aliphatic hydroxyl groups excluding tert-OH is 2. The van der Waals surface area contributed by atoms with Crippen molar-refractivity contribution in [2.45, 2.75) is 24.8 Å². The summed E-state index contributed by atoms with van der Waals surface area (Å²) in [5, 5.41) is 19.0. The second kappa shape index (κ2) is 5.64. The second-order valence-corrected chi connectivity index (χ2v) is 3.80. The van der Waals surface area contributed by atoms with Gasteiger partial charge in [-0.2, -0.15) is 13.2 Å². The minimum Gasteiger partial charge on any atom is -0.390 e. The van der Waals surface area contributed by atoms with Crippen LogP contribution in [-0.4, -0.2) is 22.9 Å². The van der Waals surface area contributed by atoms with E-state index in [1.54, 1.807) is 0 Å². The molecule has 2 unspecified atom stereocenters. The number of nitrogens with two attached hydrogens (primary N) is 1. The molecule has 0 amide bonds. The Morgan fingerprint density at radius 2 is 1.83 bits per heavy atom. The first-order valence-corrected chi connectivity index (χ1v) is 5.20. The van der Waals surface area contributed by atoms with Crippen LogP contribution in [0.2, 0.25) is 0 Å². The fraction of sp³-hybridized carbons (Fsp3) is 0.455. The fourth-order valence-electron chi connectivity index (χ4n) is 1.53. The van der Waals surface area contributed by atoms with Gasteiger partial charge in [-0.05, 0) is 19.0 Å². The van der Waals surface area contributed by atoms with E-state index in [1.165, 1.54) is 0 Å². The van der Waals surface area contributed by atoms with Gasteiger partial charge in [0.15, 0.2) is 0 Å². The number of halogens is 4. The van der Waals surface area contributed by atoms with Gasteiger partial charge in [0.2, 0.25) is 0 Å². The van der Waals surface area contributed by atoms with Crippen molar-refractivity contribution in [3.63, 3.8) is 0 Å². The van der Waals surface area contributed by atoms with E-state index in [1.807, 2.05) is 0 Å². The van der Waals surface area contributed by atoms with Gasteiger partial charge in [0.1, 0.15) is 11.9 Å². The number of alkyl halides is 3. The van der Waals surface area contributed by atoms with Gasteiger partial charge in [-0.1, -0.05) is 12.1 Å². The molecular weight excluding hydrogens is 254 g/mol. The van der Waals surface area contributed by atoms with E-state index < -0.39 is 35.3 Å². The van der Waals surface area contributed by atoms with Crippen LogP contribution in [0.4, 0.5) is 17.6 Å². The van der Waals surface area contributed by atoms with Crippen molar-refractivity contribution < 1.29 is 27.8 Å². The normalized spacial score (nSPS) is 15.5. The van der Waals surface area contributed by atoms with Crippen LogP contribution in [0.3, 0.4) is 0 Å². The molecule has 0 saturated heterocycles. The molecule has 0 saturated carbocycles. The lowest BCUT2D eigenvalue weighted by molar-refractivity contribution is -0.140. The maximum Gasteiger partial charge on any atom is 0.419 e. The Morgan fingerprint density at radius 3 is 2.33 bits per heavy atom. The Kier molecular flexibility index (Phi) is 4.66. The lowest BCUT2D eigenvalue weighted by Crippen LogP contribution is -2.23. The lowest BCUT2D eigenvalue weighted by Gasteiger charge is -2.19. The van der Waals surface area contributed by atoms with E-state index in [9.17, 15) is 27.8 Å². The minimum atomic E-state index is -4.85. The van der Waals surface area contributed by atoms with E-state index in [-0.39, 0.29) is 13.0 Å². The molecule has 102 valence electrons. The van der Waals surface area contributed by atoms with Crippen LogP contribution < -0.4 is 5.73 Å². The topological polar surface area (TPSA) is 66.5 Å². The van der Waals surface area contributed by atoms with E-state index in [0.29, 0.717) is 6.07 Å². The third kappa shape index (κ3) is 3.18. The van der Waals surface area contributed by atoms with E-state index >= 15 is 0 Å². The van der Waals surface area contributed by atoms with Crippen molar-refractivity contribution in [3.05, 3.63) is 35.1 Å². The summed E-state index contributed by atoms with van der Waals surface area (Å²) in [7, 11) is 0.